The van der Waals surface area contributed by atoms with Gasteiger partial charge >= 0.3 is 0 Å². The van der Waals surface area contributed by atoms with E-state index in [-0.39, 0.29) is 12.4 Å². The fraction of sp³-hybridized carbons (Fsp3) is 0.286. The van der Waals surface area contributed by atoms with Gasteiger partial charge in [-0.1, -0.05) is 11.6 Å². The van der Waals surface area contributed by atoms with Crippen molar-refractivity contribution in [1.29, 1.82) is 0 Å². The molecule has 0 saturated heterocycles. The van der Waals surface area contributed by atoms with Crippen molar-refractivity contribution in [2.75, 3.05) is 6.79 Å². The van der Waals surface area contributed by atoms with Gasteiger partial charge in [0.25, 0.3) is 5.56 Å². The zero-order valence-electron chi connectivity index (χ0n) is 10.8. The number of benzene rings is 1. The van der Waals surface area contributed by atoms with E-state index in [0.29, 0.717) is 31.8 Å². The average molecular weight is 417 g/mol. The Morgan fingerprint density at radius 2 is 2.14 bits per heavy atom. The fourth-order valence-corrected chi connectivity index (χ4v) is 3.31. The first-order valence-corrected chi connectivity index (χ1v) is 7.98. The van der Waals surface area contributed by atoms with Crippen LogP contribution in [-0.2, 0) is 0 Å². The number of fused-ring (bicyclic) bond motifs is 1. The van der Waals surface area contributed by atoms with Gasteiger partial charge in [0.05, 0.1) is 14.3 Å². The van der Waals surface area contributed by atoms with E-state index in [0.717, 1.165) is 24.1 Å². The highest BCUT2D eigenvalue weighted by molar-refractivity contribution is 14.1. The van der Waals surface area contributed by atoms with E-state index in [2.05, 4.69) is 32.6 Å². The lowest BCUT2D eigenvalue weighted by Crippen LogP contribution is -2.16. The Bertz CT molecular complexity index is 802. The lowest BCUT2D eigenvalue weighted by atomic mass is 10.1. The van der Waals surface area contributed by atoms with E-state index in [4.69, 9.17) is 21.1 Å². The lowest BCUT2D eigenvalue weighted by Gasteiger charge is -2.07. The number of ether oxygens (including phenoxy) is 2. The van der Waals surface area contributed by atoms with Gasteiger partial charge in [-0.15, -0.1) is 0 Å². The second-order valence-electron chi connectivity index (χ2n) is 5.08. The molecule has 2 aromatic rings. The number of rotatable bonds is 2. The second kappa shape index (κ2) is 4.88. The molecule has 1 fully saturated rings. The number of hydrogen-bond donors (Lipinski definition) is 1. The van der Waals surface area contributed by atoms with E-state index in [1.54, 1.807) is 12.1 Å². The first-order chi connectivity index (χ1) is 10.1. The SMILES string of the molecule is O=c1[nH]c(-c2cc(Cl)c3c(c2)OCO3)nc(C2CC2)c1I. The van der Waals surface area contributed by atoms with E-state index in [1.807, 2.05) is 0 Å². The molecule has 0 unspecified atom stereocenters. The Morgan fingerprint density at radius 1 is 1.33 bits per heavy atom. The molecule has 5 nitrogen and oxygen atoms in total. The maximum atomic E-state index is 12.1. The van der Waals surface area contributed by atoms with Crippen molar-refractivity contribution in [3.05, 3.63) is 36.8 Å². The molecule has 0 amide bonds. The minimum atomic E-state index is -0.115. The van der Waals surface area contributed by atoms with Crippen molar-refractivity contribution in [2.45, 2.75) is 18.8 Å². The van der Waals surface area contributed by atoms with Crippen LogP contribution in [0.5, 0.6) is 11.5 Å². The summed E-state index contributed by atoms with van der Waals surface area (Å²) in [7, 11) is 0. The van der Waals surface area contributed by atoms with Crippen LogP contribution in [0.25, 0.3) is 11.4 Å². The van der Waals surface area contributed by atoms with Gasteiger partial charge in [-0.3, -0.25) is 4.79 Å². The van der Waals surface area contributed by atoms with E-state index in [1.165, 1.54) is 0 Å². The van der Waals surface area contributed by atoms with Crippen LogP contribution >= 0.6 is 34.2 Å². The molecular formula is C14H10ClIN2O3. The minimum Gasteiger partial charge on any atom is -0.454 e. The van der Waals surface area contributed by atoms with Crippen molar-refractivity contribution < 1.29 is 9.47 Å². The van der Waals surface area contributed by atoms with E-state index >= 15 is 0 Å². The van der Waals surface area contributed by atoms with Crippen LogP contribution in [0.3, 0.4) is 0 Å². The molecule has 0 spiro atoms. The van der Waals surface area contributed by atoms with Crippen LogP contribution in [0.4, 0.5) is 0 Å². The van der Waals surface area contributed by atoms with Crippen molar-refractivity contribution in [1.82, 2.24) is 9.97 Å². The first kappa shape index (κ1) is 13.4. The fourth-order valence-electron chi connectivity index (χ4n) is 2.34. The van der Waals surface area contributed by atoms with Gasteiger partial charge in [0.2, 0.25) is 6.79 Å². The predicted molar refractivity (Wildman–Crippen MR) is 86.1 cm³/mol. The third-order valence-corrected chi connectivity index (χ3v) is 4.88. The normalized spacial score (nSPS) is 16.3. The first-order valence-electron chi connectivity index (χ1n) is 6.52. The van der Waals surface area contributed by atoms with E-state index in [9.17, 15) is 4.79 Å². The molecule has 4 rings (SSSR count). The van der Waals surface area contributed by atoms with Crippen molar-refractivity contribution in [2.24, 2.45) is 0 Å². The van der Waals surface area contributed by atoms with Crippen LogP contribution in [-0.4, -0.2) is 16.8 Å². The summed E-state index contributed by atoms with van der Waals surface area (Å²) in [6.07, 6.45) is 2.18. The molecule has 7 heteroatoms. The summed E-state index contributed by atoms with van der Waals surface area (Å²) in [5.74, 6) is 2.03. The minimum absolute atomic E-state index is 0.115. The summed E-state index contributed by atoms with van der Waals surface area (Å²) < 4.78 is 11.3. The van der Waals surface area contributed by atoms with Gasteiger partial charge in [-0.25, -0.2) is 4.98 Å². The standard InChI is InChI=1S/C14H10ClIN2O3/c15-8-3-7(4-9-12(8)21-5-20-9)13-17-11(6-1-2-6)10(16)14(19)18-13/h3-4,6H,1-2,5H2,(H,17,18,19). The van der Waals surface area contributed by atoms with Crippen LogP contribution in [0.1, 0.15) is 24.5 Å². The van der Waals surface area contributed by atoms with Crippen molar-refractivity contribution >= 4 is 34.2 Å². The number of halogens is 2. The van der Waals surface area contributed by atoms with Gasteiger partial charge in [0.15, 0.2) is 11.5 Å². The number of H-pyrrole nitrogens is 1. The maximum absolute atomic E-state index is 12.1. The summed E-state index contributed by atoms with van der Waals surface area (Å²) in [5.41, 5.74) is 1.49. The highest BCUT2D eigenvalue weighted by Gasteiger charge is 2.29. The van der Waals surface area contributed by atoms with Crippen molar-refractivity contribution in [3.63, 3.8) is 0 Å². The molecule has 1 aliphatic carbocycles. The molecule has 1 saturated carbocycles. The highest BCUT2D eigenvalue weighted by Crippen LogP contribution is 2.43. The topological polar surface area (TPSA) is 64.2 Å². The highest BCUT2D eigenvalue weighted by atomic mass is 127. The van der Waals surface area contributed by atoms with Crippen LogP contribution in [0, 0.1) is 3.57 Å². The molecule has 0 bridgehead atoms. The van der Waals surface area contributed by atoms with Crippen LogP contribution in [0.2, 0.25) is 5.02 Å². The number of hydrogen-bond acceptors (Lipinski definition) is 4. The Balaban J connectivity index is 1.87. The maximum Gasteiger partial charge on any atom is 0.264 e. The molecule has 0 atom stereocenters. The number of nitrogens with zero attached hydrogens (tertiary/aromatic N) is 1. The molecule has 108 valence electrons. The molecule has 2 aliphatic rings. The predicted octanol–water partition coefficient (Wildman–Crippen LogP) is 3.30. The molecule has 2 heterocycles. The zero-order chi connectivity index (χ0) is 14.6. The Kier molecular flexibility index (Phi) is 3.11. The van der Waals surface area contributed by atoms with Crippen LogP contribution in [0.15, 0.2) is 16.9 Å². The summed E-state index contributed by atoms with van der Waals surface area (Å²) in [6.45, 7) is 0.155. The average Bonchev–Trinajstić information content (AvgIpc) is 3.19. The monoisotopic (exact) mass is 416 g/mol. The van der Waals surface area contributed by atoms with Gasteiger partial charge in [-0.2, -0.15) is 0 Å². The summed E-state index contributed by atoms with van der Waals surface area (Å²) in [5, 5.41) is 0.453. The zero-order valence-corrected chi connectivity index (χ0v) is 13.7. The van der Waals surface area contributed by atoms with Gasteiger partial charge < -0.3 is 14.5 Å². The quantitative estimate of drug-likeness (QED) is 0.763. The van der Waals surface area contributed by atoms with Gasteiger partial charge in [-0.05, 0) is 47.6 Å². The van der Waals surface area contributed by atoms with E-state index < -0.39 is 0 Å². The summed E-state index contributed by atoms with van der Waals surface area (Å²) in [4.78, 5) is 19.5. The second-order valence-corrected chi connectivity index (χ2v) is 6.57. The molecular weight excluding hydrogens is 407 g/mol. The van der Waals surface area contributed by atoms with Gasteiger partial charge in [0.1, 0.15) is 5.82 Å². The largest absolute Gasteiger partial charge is 0.454 e. The lowest BCUT2D eigenvalue weighted by molar-refractivity contribution is 0.174. The smallest absolute Gasteiger partial charge is 0.264 e. The Labute approximate surface area is 138 Å². The number of aromatic nitrogens is 2. The summed E-state index contributed by atoms with van der Waals surface area (Å²) in [6, 6.07) is 3.52. The van der Waals surface area contributed by atoms with Crippen molar-refractivity contribution in [3.8, 4) is 22.9 Å². The third-order valence-electron chi connectivity index (χ3n) is 3.55. The Hall–Kier alpha value is -1.28. The summed E-state index contributed by atoms with van der Waals surface area (Å²) >= 11 is 8.24. The van der Waals surface area contributed by atoms with Gasteiger partial charge in [0, 0.05) is 11.5 Å². The number of nitrogens with one attached hydrogen (secondary N) is 1. The molecule has 0 radical (unpaired) electrons. The Morgan fingerprint density at radius 3 is 2.90 bits per heavy atom. The molecule has 1 aromatic heterocycles. The molecule has 21 heavy (non-hydrogen) atoms. The third kappa shape index (κ3) is 2.30. The molecule has 1 aliphatic heterocycles. The molecule has 1 N–H and O–H groups in total. The molecule has 1 aromatic carbocycles. The van der Waals surface area contributed by atoms with Crippen LogP contribution < -0.4 is 15.0 Å². The number of aromatic amines is 1.